The second-order valence-electron chi connectivity index (χ2n) is 6.07. The molecule has 0 radical (unpaired) electrons. The van der Waals surface area contributed by atoms with Gasteiger partial charge in [-0.05, 0) is 29.7 Å². The molecule has 4 rings (SSSR count). The summed E-state index contributed by atoms with van der Waals surface area (Å²) in [4.78, 5) is 16.6. The van der Waals surface area contributed by atoms with Gasteiger partial charge in [-0.25, -0.2) is 4.98 Å². The Hall–Kier alpha value is -3.15. The van der Waals surface area contributed by atoms with Crippen molar-refractivity contribution in [3.05, 3.63) is 66.0 Å². The Bertz CT molecular complexity index is 877. The number of hydrogen-bond donors (Lipinski definition) is 2. The Morgan fingerprint density at radius 3 is 3.04 bits per heavy atom. The first-order valence-electron chi connectivity index (χ1n) is 8.23. The van der Waals surface area contributed by atoms with Crippen molar-refractivity contribution in [1.82, 2.24) is 20.5 Å². The number of aromatic nitrogens is 3. The number of H-pyrrole nitrogens is 1. The van der Waals surface area contributed by atoms with Gasteiger partial charge in [0.2, 0.25) is 5.91 Å². The highest BCUT2D eigenvalue weighted by atomic mass is 16.5. The number of rotatable bonds is 4. The summed E-state index contributed by atoms with van der Waals surface area (Å²) in [5.41, 5.74) is 3.04. The quantitative estimate of drug-likeness (QED) is 0.767. The highest BCUT2D eigenvalue weighted by molar-refractivity contribution is 5.79. The molecule has 1 atom stereocenters. The van der Waals surface area contributed by atoms with E-state index in [1.165, 1.54) is 6.33 Å². The summed E-state index contributed by atoms with van der Waals surface area (Å²) < 4.78 is 5.70. The fourth-order valence-corrected chi connectivity index (χ4v) is 3.00. The molecule has 1 amide bonds. The summed E-state index contributed by atoms with van der Waals surface area (Å²) in [6, 6.07) is 15.7. The molecule has 126 valence electrons. The Balaban J connectivity index is 1.39. The molecule has 0 aliphatic carbocycles. The predicted molar refractivity (Wildman–Crippen MR) is 92.8 cm³/mol. The van der Waals surface area contributed by atoms with Crippen LogP contribution in [0.3, 0.4) is 0 Å². The fraction of sp³-hybridized carbons (Fsp3) is 0.211. The molecule has 1 aliphatic rings. The molecule has 0 saturated carbocycles. The third kappa shape index (κ3) is 3.38. The molecule has 3 aromatic rings. The van der Waals surface area contributed by atoms with Crippen LogP contribution in [0, 0.1) is 5.92 Å². The van der Waals surface area contributed by atoms with Crippen LogP contribution in [0.2, 0.25) is 0 Å². The topological polar surface area (TPSA) is 79.9 Å². The SMILES string of the molecule is O=C(NCc1cccc(-c2ncn[nH]2)c1)[C@H]1COc2ccccc2C1. The van der Waals surface area contributed by atoms with Crippen molar-refractivity contribution in [1.29, 1.82) is 0 Å². The molecule has 2 aromatic carbocycles. The number of ether oxygens (including phenoxy) is 1. The Morgan fingerprint density at radius 2 is 2.16 bits per heavy atom. The molecule has 6 heteroatoms. The van der Waals surface area contributed by atoms with E-state index in [-0.39, 0.29) is 11.8 Å². The van der Waals surface area contributed by atoms with Gasteiger partial charge in [0, 0.05) is 12.1 Å². The van der Waals surface area contributed by atoms with E-state index in [9.17, 15) is 4.79 Å². The first-order chi connectivity index (χ1) is 12.3. The summed E-state index contributed by atoms with van der Waals surface area (Å²) >= 11 is 0. The summed E-state index contributed by atoms with van der Waals surface area (Å²) in [5, 5.41) is 9.71. The minimum atomic E-state index is -0.160. The minimum Gasteiger partial charge on any atom is -0.492 e. The standard InChI is InChI=1S/C19H18N4O2/c24-19(16-9-14-5-1-2-7-17(14)25-11-16)20-10-13-4-3-6-15(8-13)18-21-12-22-23-18/h1-8,12,16H,9-11H2,(H,20,24)(H,21,22,23)/t16-/m1/s1. The molecule has 0 bridgehead atoms. The van der Waals surface area contributed by atoms with Crippen LogP contribution in [0.25, 0.3) is 11.4 Å². The molecule has 2 heterocycles. The monoisotopic (exact) mass is 334 g/mol. The average molecular weight is 334 g/mol. The van der Waals surface area contributed by atoms with Crippen LogP contribution >= 0.6 is 0 Å². The highest BCUT2D eigenvalue weighted by Crippen LogP contribution is 2.26. The van der Waals surface area contributed by atoms with Gasteiger partial charge in [-0.2, -0.15) is 5.10 Å². The number of nitrogens with zero attached hydrogens (tertiary/aromatic N) is 2. The van der Waals surface area contributed by atoms with Crippen LogP contribution in [0.4, 0.5) is 0 Å². The Morgan fingerprint density at radius 1 is 1.24 bits per heavy atom. The smallest absolute Gasteiger partial charge is 0.227 e. The summed E-state index contributed by atoms with van der Waals surface area (Å²) in [5.74, 6) is 1.45. The second kappa shape index (κ2) is 6.76. The van der Waals surface area contributed by atoms with Crippen LogP contribution in [0.1, 0.15) is 11.1 Å². The maximum absolute atomic E-state index is 12.5. The molecule has 6 nitrogen and oxygen atoms in total. The van der Waals surface area contributed by atoms with E-state index in [1.54, 1.807) is 0 Å². The van der Waals surface area contributed by atoms with Gasteiger partial charge in [-0.1, -0.05) is 36.4 Å². The van der Waals surface area contributed by atoms with Crippen LogP contribution in [-0.4, -0.2) is 27.7 Å². The normalized spacial score (nSPS) is 15.9. The second-order valence-corrected chi connectivity index (χ2v) is 6.07. The van der Waals surface area contributed by atoms with E-state index in [0.29, 0.717) is 25.4 Å². The molecule has 0 fully saturated rings. The molecule has 1 aliphatic heterocycles. The molecule has 0 spiro atoms. The first kappa shape index (κ1) is 15.4. The number of carbonyl (C=O) groups excluding carboxylic acids is 1. The third-order valence-corrected chi connectivity index (χ3v) is 4.33. The van der Waals surface area contributed by atoms with E-state index >= 15 is 0 Å². The van der Waals surface area contributed by atoms with Gasteiger partial charge in [0.05, 0.1) is 5.92 Å². The maximum Gasteiger partial charge on any atom is 0.227 e. The summed E-state index contributed by atoms with van der Waals surface area (Å²) in [6.45, 7) is 0.889. The summed E-state index contributed by atoms with van der Waals surface area (Å²) in [6.07, 6.45) is 2.19. The third-order valence-electron chi connectivity index (χ3n) is 4.33. The molecule has 2 N–H and O–H groups in total. The largest absolute Gasteiger partial charge is 0.492 e. The van der Waals surface area contributed by atoms with Crippen LogP contribution in [0.15, 0.2) is 54.9 Å². The Labute approximate surface area is 145 Å². The molecule has 1 aromatic heterocycles. The first-order valence-corrected chi connectivity index (χ1v) is 8.23. The lowest BCUT2D eigenvalue weighted by atomic mass is 9.96. The predicted octanol–water partition coefficient (Wildman–Crippen LogP) is 2.34. The molecule has 25 heavy (non-hydrogen) atoms. The minimum absolute atomic E-state index is 0.0135. The maximum atomic E-state index is 12.5. The number of para-hydroxylation sites is 1. The van der Waals surface area contributed by atoms with Crippen molar-refractivity contribution >= 4 is 5.91 Å². The van der Waals surface area contributed by atoms with E-state index in [4.69, 9.17) is 4.74 Å². The lowest BCUT2D eigenvalue weighted by Crippen LogP contribution is -2.37. The lowest BCUT2D eigenvalue weighted by Gasteiger charge is -2.24. The Kier molecular flexibility index (Phi) is 4.16. The van der Waals surface area contributed by atoms with Gasteiger partial charge < -0.3 is 10.1 Å². The van der Waals surface area contributed by atoms with Crippen molar-refractivity contribution in [3.8, 4) is 17.1 Å². The molecule has 0 saturated heterocycles. The zero-order chi connectivity index (χ0) is 17.1. The zero-order valence-corrected chi connectivity index (χ0v) is 13.6. The summed E-state index contributed by atoms with van der Waals surface area (Å²) in [7, 11) is 0. The number of benzene rings is 2. The number of amides is 1. The van der Waals surface area contributed by atoms with E-state index in [1.807, 2.05) is 48.5 Å². The van der Waals surface area contributed by atoms with Crippen LogP contribution in [0.5, 0.6) is 5.75 Å². The van der Waals surface area contributed by atoms with Gasteiger partial charge in [-0.3, -0.25) is 9.89 Å². The van der Waals surface area contributed by atoms with Crippen molar-refractivity contribution in [3.63, 3.8) is 0 Å². The van der Waals surface area contributed by atoms with Crippen molar-refractivity contribution < 1.29 is 9.53 Å². The van der Waals surface area contributed by atoms with Gasteiger partial charge in [-0.15, -0.1) is 0 Å². The van der Waals surface area contributed by atoms with Crippen LogP contribution < -0.4 is 10.1 Å². The van der Waals surface area contributed by atoms with Gasteiger partial charge in [0.1, 0.15) is 18.7 Å². The highest BCUT2D eigenvalue weighted by Gasteiger charge is 2.25. The van der Waals surface area contributed by atoms with Crippen molar-refractivity contribution in [2.24, 2.45) is 5.92 Å². The zero-order valence-electron chi connectivity index (χ0n) is 13.6. The molecule has 0 unspecified atom stereocenters. The van der Waals surface area contributed by atoms with Crippen LogP contribution in [-0.2, 0) is 17.8 Å². The van der Waals surface area contributed by atoms with E-state index < -0.39 is 0 Å². The average Bonchev–Trinajstić information content (AvgIpc) is 3.21. The number of fused-ring (bicyclic) bond motifs is 1. The van der Waals surface area contributed by atoms with E-state index in [2.05, 4.69) is 20.5 Å². The van der Waals surface area contributed by atoms with Gasteiger partial charge in [0.25, 0.3) is 0 Å². The molecular weight excluding hydrogens is 316 g/mol. The van der Waals surface area contributed by atoms with Gasteiger partial charge >= 0.3 is 0 Å². The number of aromatic amines is 1. The van der Waals surface area contributed by atoms with E-state index in [0.717, 1.165) is 22.4 Å². The number of hydrogen-bond acceptors (Lipinski definition) is 4. The lowest BCUT2D eigenvalue weighted by molar-refractivity contribution is -0.126. The molecular formula is C19H18N4O2. The van der Waals surface area contributed by atoms with Crippen molar-refractivity contribution in [2.45, 2.75) is 13.0 Å². The number of nitrogens with one attached hydrogen (secondary N) is 2. The number of carbonyl (C=O) groups is 1. The van der Waals surface area contributed by atoms with Crippen molar-refractivity contribution in [2.75, 3.05) is 6.61 Å². The van der Waals surface area contributed by atoms with Gasteiger partial charge in [0.15, 0.2) is 5.82 Å². The fourth-order valence-electron chi connectivity index (χ4n) is 3.00.